The van der Waals surface area contributed by atoms with Crippen molar-refractivity contribution < 1.29 is 14.2 Å². The fraction of sp³-hybridized carbons (Fsp3) is 0.667. The second-order valence-corrected chi connectivity index (χ2v) is 5.77. The van der Waals surface area contributed by atoms with Gasteiger partial charge in [-0.2, -0.15) is 0 Å². The number of hydrogen-bond acceptors (Lipinski definition) is 3. The van der Waals surface area contributed by atoms with E-state index in [9.17, 15) is 9.50 Å². The third-order valence-electron chi connectivity index (χ3n) is 3.65. The number of ether oxygens (including phenoxy) is 1. The number of halogens is 1. The first-order valence-electron chi connectivity index (χ1n) is 8.38. The van der Waals surface area contributed by atoms with Crippen LogP contribution in [-0.4, -0.2) is 42.4 Å². The molecule has 0 fully saturated rings. The topological polar surface area (TPSA) is 32.7 Å². The minimum atomic E-state index is -0.527. The zero-order valence-electron chi connectivity index (χ0n) is 13.9. The van der Waals surface area contributed by atoms with Crippen LogP contribution in [0.5, 0.6) is 0 Å². The second kappa shape index (κ2) is 11.6. The molecule has 1 unspecified atom stereocenters. The SMILES string of the molecule is CCCCN(CCCC)CC(O)COCc1ccccc1F. The van der Waals surface area contributed by atoms with Crippen LogP contribution in [0.3, 0.4) is 0 Å². The Morgan fingerprint density at radius 3 is 2.36 bits per heavy atom. The summed E-state index contributed by atoms with van der Waals surface area (Å²) in [6.45, 7) is 7.44. The van der Waals surface area contributed by atoms with E-state index < -0.39 is 6.10 Å². The molecule has 0 aromatic heterocycles. The maximum Gasteiger partial charge on any atom is 0.128 e. The van der Waals surface area contributed by atoms with Gasteiger partial charge in [-0.3, -0.25) is 0 Å². The van der Waals surface area contributed by atoms with E-state index in [4.69, 9.17) is 4.74 Å². The first-order valence-corrected chi connectivity index (χ1v) is 8.38. The minimum absolute atomic E-state index is 0.202. The standard InChI is InChI=1S/C18H30FNO2/c1-3-5-11-20(12-6-4-2)13-17(21)15-22-14-16-9-7-8-10-18(16)19/h7-10,17,21H,3-6,11-15H2,1-2H3. The average molecular weight is 311 g/mol. The molecule has 0 aliphatic heterocycles. The van der Waals surface area contributed by atoms with Crippen molar-refractivity contribution in [2.24, 2.45) is 0 Å². The number of nitrogens with zero attached hydrogens (tertiary/aromatic N) is 1. The van der Waals surface area contributed by atoms with Gasteiger partial charge in [-0.1, -0.05) is 44.9 Å². The van der Waals surface area contributed by atoms with Gasteiger partial charge in [-0.25, -0.2) is 4.39 Å². The predicted molar refractivity (Wildman–Crippen MR) is 88.3 cm³/mol. The van der Waals surface area contributed by atoms with Gasteiger partial charge in [0.2, 0.25) is 0 Å². The van der Waals surface area contributed by atoms with Crippen molar-refractivity contribution in [1.82, 2.24) is 4.90 Å². The third-order valence-corrected chi connectivity index (χ3v) is 3.65. The van der Waals surface area contributed by atoms with Crippen molar-refractivity contribution in [2.45, 2.75) is 52.2 Å². The Morgan fingerprint density at radius 2 is 1.77 bits per heavy atom. The maximum absolute atomic E-state index is 13.5. The van der Waals surface area contributed by atoms with Crippen LogP contribution < -0.4 is 0 Å². The van der Waals surface area contributed by atoms with Gasteiger partial charge in [0.1, 0.15) is 5.82 Å². The molecule has 1 rings (SSSR count). The first kappa shape index (κ1) is 19.1. The van der Waals surface area contributed by atoms with Crippen molar-refractivity contribution >= 4 is 0 Å². The van der Waals surface area contributed by atoms with Crippen LogP contribution in [0.4, 0.5) is 4.39 Å². The van der Waals surface area contributed by atoms with Crippen molar-refractivity contribution in [1.29, 1.82) is 0 Å². The lowest BCUT2D eigenvalue weighted by molar-refractivity contribution is 0.00873. The van der Waals surface area contributed by atoms with Gasteiger partial charge in [-0.05, 0) is 32.0 Å². The fourth-order valence-corrected chi connectivity index (χ4v) is 2.33. The number of unbranched alkanes of at least 4 members (excludes halogenated alkanes) is 2. The Morgan fingerprint density at radius 1 is 1.14 bits per heavy atom. The molecule has 0 spiro atoms. The van der Waals surface area contributed by atoms with E-state index in [2.05, 4.69) is 18.7 Å². The van der Waals surface area contributed by atoms with Crippen LogP contribution in [0.1, 0.15) is 45.1 Å². The summed E-state index contributed by atoms with van der Waals surface area (Å²) >= 11 is 0. The van der Waals surface area contributed by atoms with Gasteiger partial charge in [0.05, 0.1) is 19.3 Å². The summed E-state index contributed by atoms with van der Waals surface area (Å²) in [5.41, 5.74) is 0.531. The lowest BCUT2D eigenvalue weighted by Gasteiger charge is -2.24. The molecule has 0 bridgehead atoms. The van der Waals surface area contributed by atoms with Crippen LogP contribution in [-0.2, 0) is 11.3 Å². The Kier molecular flexibility index (Phi) is 10.0. The Hall–Kier alpha value is -0.970. The van der Waals surface area contributed by atoms with Crippen molar-refractivity contribution in [3.63, 3.8) is 0 Å². The van der Waals surface area contributed by atoms with Gasteiger partial charge in [0.25, 0.3) is 0 Å². The van der Waals surface area contributed by atoms with E-state index in [1.165, 1.54) is 6.07 Å². The molecular weight excluding hydrogens is 281 g/mol. The summed E-state index contributed by atoms with van der Waals surface area (Å²) in [5, 5.41) is 10.1. The molecule has 0 heterocycles. The summed E-state index contributed by atoms with van der Waals surface area (Å²) in [7, 11) is 0. The van der Waals surface area contributed by atoms with Crippen molar-refractivity contribution in [3.8, 4) is 0 Å². The molecule has 0 saturated carbocycles. The monoisotopic (exact) mass is 311 g/mol. The first-order chi connectivity index (χ1) is 10.7. The highest BCUT2D eigenvalue weighted by atomic mass is 19.1. The van der Waals surface area contributed by atoms with Gasteiger partial charge in [-0.15, -0.1) is 0 Å². The van der Waals surface area contributed by atoms with Gasteiger partial charge in [0, 0.05) is 12.1 Å². The largest absolute Gasteiger partial charge is 0.389 e. The average Bonchev–Trinajstić information content (AvgIpc) is 2.52. The lowest BCUT2D eigenvalue weighted by atomic mass is 10.2. The number of benzene rings is 1. The molecule has 1 N–H and O–H groups in total. The van der Waals surface area contributed by atoms with Gasteiger partial charge in [0.15, 0.2) is 0 Å². The molecule has 0 radical (unpaired) electrons. The molecule has 22 heavy (non-hydrogen) atoms. The minimum Gasteiger partial charge on any atom is -0.389 e. The molecule has 1 atom stereocenters. The summed E-state index contributed by atoms with van der Waals surface area (Å²) in [4.78, 5) is 2.30. The van der Waals surface area contributed by atoms with E-state index >= 15 is 0 Å². The summed E-state index contributed by atoms with van der Waals surface area (Å²) in [6, 6.07) is 6.57. The summed E-state index contributed by atoms with van der Waals surface area (Å²) < 4.78 is 18.9. The predicted octanol–water partition coefficient (Wildman–Crippen LogP) is 3.61. The molecule has 126 valence electrons. The zero-order valence-corrected chi connectivity index (χ0v) is 13.9. The van der Waals surface area contributed by atoms with Crippen LogP contribution in [0.25, 0.3) is 0 Å². The van der Waals surface area contributed by atoms with Crippen molar-refractivity contribution in [3.05, 3.63) is 35.6 Å². The van der Waals surface area contributed by atoms with Crippen LogP contribution in [0.2, 0.25) is 0 Å². The number of rotatable bonds is 12. The van der Waals surface area contributed by atoms with Gasteiger partial charge >= 0.3 is 0 Å². The smallest absolute Gasteiger partial charge is 0.128 e. The lowest BCUT2D eigenvalue weighted by Crippen LogP contribution is -2.36. The molecule has 0 aliphatic carbocycles. The van der Waals surface area contributed by atoms with Crippen LogP contribution >= 0.6 is 0 Å². The molecule has 1 aromatic carbocycles. The van der Waals surface area contributed by atoms with E-state index in [1.807, 2.05) is 0 Å². The van der Waals surface area contributed by atoms with Crippen LogP contribution in [0.15, 0.2) is 24.3 Å². The molecule has 0 aliphatic rings. The highest BCUT2D eigenvalue weighted by molar-refractivity contribution is 5.16. The van der Waals surface area contributed by atoms with E-state index in [0.717, 1.165) is 38.8 Å². The Labute approximate surface area is 134 Å². The quantitative estimate of drug-likeness (QED) is 0.640. The molecule has 4 heteroatoms. The fourth-order valence-electron chi connectivity index (χ4n) is 2.33. The highest BCUT2D eigenvalue weighted by Crippen LogP contribution is 2.08. The van der Waals surface area contributed by atoms with E-state index in [0.29, 0.717) is 12.1 Å². The highest BCUT2D eigenvalue weighted by Gasteiger charge is 2.12. The molecule has 1 aromatic rings. The summed E-state index contributed by atoms with van der Waals surface area (Å²) in [5.74, 6) is -0.260. The molecular formula is C18H30FNO2. The second-order valence-electron chi connectivity index (χ2n) is 5.77. The van der Waals surface area contributed by atoms with Crippen molar-refractivity contribution in [2.75, 3.05) is 26.2 Å². The third kappa shape index (κ3) is 7.87. The normalized spacial score (nSPS) is 12.8. The number of hydrogen-bond donors (Lipinski definition) is 1. The van der Waals surface area contributed by atoms with E-state index in [1.54, 1.807) is 18.2 Å². The van der Waals surface area contributed by atoms with E-state index in [-0.39, 0.29) is 19.0 Å². The Balaban J connectivity index is 2.30. The van der Waals surface area contributed by atoms with Crippen LogP contribution in [0, 0.1) is 5.82 Å². The maximum atomic E-state index is 13.5. The summed E-state index contributed by atoms with van der Waals surface area (Å²) in [6.07, 6.45) is 4.07. The number of aliphatic hydroxyl groups excluding tert-OH is 1. The molecule has 0 saturated heterocycles. The zero-order chi connectivity index (χ0) is 16.2. The molecule has 0 amide bonds. The van der Waals surface area contributed by atoms with Gasteiger partial charge < -0.3 is 14.7 Å². The number of aliphatic hydroxyl groups is 1. The Bertz CT molecular complexity index is 392. The molecule has 3 nitrogen and oxygen atoms in total.